The Morgan fingerprint density at radius 3 is 2.45 bits per heavy atom. The molecule has 0 saturated carbocycles. The van der Waals surface area contributed by atoms with Gasteiger partial charge in [0.2, 0.25) is 0 Å². The van der Waals surface area contributed by atoms with Gasteiger partial charge in [-0.25, -0.2) is 35.8 Å². The van der Waals surface area contributed by atoms with Crippen LogP contribution in [0.3, 0.4) is 0 Å². The molecule has 2 aliphatic heterocycles. The van der Waals surface area contributed by atoms with E-state index in [0.717, 1.165) is 3.97 Å². The lowest BCUT2D eigenvalue weighted by Crippen LogP contribution is -2.56. The summed E-state index contributed by atoms with van der Waals surface area (Å²) in [4.78, 5) is 16.5. The summed E-state index contributed by atoms with van der Waals surface area (Å²) in [7, 11) is -5.90. The number of sulfone groups is 1. The zero-order valence-electron chi connectivity index (χ0n) is 23.9. The predicted molar refractivity (Wildman–Crippen MR) is 159 cm³/mol. The van der Waals surface area contributed by atoms with Gasteiger partial charge in [0.15, 0.2) is 32.9 Å². The van der Waals surface area contributed by atoms with Crippen molar-refractivity contribution in [3.05, 3.63) is 54.5 Å². The van der Waals surface area contributed by atoms with Gasteiger partial charge in [0.1, 0.15) is 17.0 Å². The number of hydrogen-bond acceptors (Lipinski definition) is 11. The minimum Gasteiger partial charge on any atom is -0.486 e. The van der Waals surface area contributed by atoms with E-state index in [1.54, 1.807) is 45.2 Å². The smallest absolute Gasteiger partial charge is 0.269 e. The summed E-state index contributed by atoms with van der Waals surface area (Å²) in [5, 5.41) is 3.59. The van der Waals surface area contributed by atoms with Crippen LogP contribution in [0.25, 0.3) is 22.4 Å². The van der Waals surface area contributed by atoms with Gasteiger partial charge in [0, 0.05) is 24.9 Å². The third-order valence-electron chi connectivity index (χ3n) is 8.02. The fourth-order valence-corrected chi connectivity index (χ4v) is 7.23. The second-order valence-corrected chi connectivity index (χ2v) is 15.4. The molecule has 14 heteroatoms. The van der Waals surface area contributed by atoms with Crippen LogP contribution in [0, 0.1) is 0 Å². The van der Waals surface area contributed by atoms with E-state index in [0.29, 0.717) is 48.0 Å². The van der Waals surface area contributed by atoms with Crippen molar-refractivity contribution in [2.24, 2.45) is 0 Å². The fraction of sp³-hybridized carbons (Fsp3) is 0.393. The lowest BCUT2D eigenvalue weighted by atomic mass is 10.0. The lowest BCUT2D eigenvalue weighted by Gasteiger charge is -2.45. The maximum Gasteiger partial charge on any atom is 0.269 e. The van der Waals surface area contributed by atoms with Gasteiger partial charge in [-0.05, 0) is 39.0 Å². The van der Waals surface area contributed by atoms with Crippen molar-refractivity contribution in [2.75, 3.05) is 43.3 Å². The molecule has 4 aromatic rings. The first kappa shape index (κ1) is 28.4. The van der Waals surface area contributed by atoms with Crippen molar-refractivity contribution in [2.45, 2.75) is 42.5 Å². The molecule has 0 bridgehead atoms. The Kier molecular flexibility index (Phi) is 6.70. The van der Waals surface area contributed by atoms with Crippen LogP contribution in [-0.4, -0.2) is 81.0 Å². The molecular formula is C28H32N6O6S2. The molecule has 1 fully saturated rings. The average molecular weight is 613 g/mol. The number of aromatic nitrogens is 4. The molecule has 3 aromatic heterocycles. The summed E-state index contributed by atoms with van der Waals surface area (Å²) < 4.78 is 64.9. The zero-order valence-corrected chi connectivity index (χ0v) is 25.5. The zero-order chi connectivity index (χ0) is 30.0. The Morgan fingerprint density at radius 1 is 1.02 bits per heavy atom. The highest BCUT2D eigenvalue weighted by Gasteiger charge is 2.44. The normalized spacial score (nSPS) is 19.2. The van der Waals surface area contributed by atoms with E-state index in [1.807, 2.05) is 6.92 Å². The molecule has 0 spiro atoms. The van der Waals surface area contributed by atoms with Crippen LogP contribution in [0.5, 0.6) is 5.75 Å². The number of nitrogens with zero attached hydrogens (tertiary/aromatic N) is 5. The second-order valence-electron chi connectivity index (χ2n) is 11.1. The van der Waals surface area contributed by atoms with Crippen LogP contribution in [0.15, 0.2) is 53.7 Å². The summed E-state index contributed by atoms with van der Waals surface area (Å²) in [5.74, 6) is 1.01. The van der Waals surface area contributed by atoms with Crippen molar-refractivity contribution in [1.82, 2.24) is 18.9 Å². The Morgan fingerprint density at radius 2 is 1.76 bits per heavy atom. The van der Waals surface area contributed by atoms with Crippen molar-refractivity contribution in [1.29, 1.82) is 0 Å². The largest absolute Gasteiger partial charge is 0.486 e. The highest BCUT2D eigenvalue weighted by molar-refractivity contribution is 7.91. The van der Waals surface area contributed by atoms with Crippen LogP contribution < -0.4 is 15.0 Å². The number of benzene rings is 1. The maximum absolute atomic E-state index is 13.6. The Balaban J connectivity index is 1.65. The Labute approximate surface area is 244 Å². The van der Waals surface area contributed by atoms with Gasteiger partial charge >= 0.3 is 0 Å². The van der Waals surface area contributed by atoms with E-state index in [2.05, 4.69) is 15.2 Å². The van der Waals surface area contributed by atoms with E-state index >= 15 is 0 Å². The average Bonchev–Trinajstić information content (AvgIpc) is 3.41. The van der Waals surface area contributed by atoms with Crippen LogP contribution >= 0.6 is 0 Å². The summed E-state index contributed by atoms with van der Waals surface area (Å²) in [6.45, 7) is 6.42. The molecule has 42 heavy (non-hydrogen) atoms. The van der Waals surface area contributed by atoms with Gasteiger partial charge < -0.3 is 19.7 Å². The SMILES string of the molecule is CNc1cnc2c(ccn2S(=O)(=O)c2ccccc2)c1-c1nc2c(c(C(C)(C)S(C)(=O)=O)n1)OCC1COC[C@H](C)N21. The van der Waals surface area contributed by atoms with Gasteiger partial charge in [-0.3, -0.25) is 0 Å². The number of nitrogens with one attached hydrogen (secondary N) is 1. The quantitative estimate of drug-likeness (QED) is 0.343. The summed E-state index contributed by atoms with van der Waals surface area (Å²) >= 11 is 0. The summed E-state index contributed by atoms with van der Waals surface area (Å²) in [5.41, 5.74) is 1.45. The van der Waals surface area contributed by atoms with Gasteiger partial charge in [0.05, 0.1) is 47.6 Å². The number of pyridine rings is 1. The Hall–Kier alpha value is -3.75. The van der Waals surface area contributed by atoms with Crippen LogP contribution in [0.4, 0.5) is 11.5 Å². The maximum atomic E-state index is 13.6. The molecule has 5 heterocycles. The molecule has 0 radical (unpaired) electrons. The molecule has 1 unspecified atom stereocenters. The molecule has 6 rings (SSSR count). The van der Waals surface area contributed by atoms with E-state index < -0.39 is 24.6 Å². The van der Waals surface area contributed by atoms with E-state index in [1.165, 1.54) is 30.8 Å². The second kappa shape index (κ2) is 9.92. The number of morpholine rings is 1. The molecule has 2 atom stereocenters. The number of fused-ring (bicyclic) bond motifs is 4. The molecular weight excluding hydrogens is 580 g/mol. The monoisotopic (exact) mass is 612 g/mol. The summed E-state index contributed by atoms with van der Waals surface area (Å²) in [6.07, 6.45) is 4.14. The first-order valence-electron chi connectivity index (χ1n) is 13.5. The molecule has 0 amide bonds. The first-order valence-corrected chi connectivity index (χ1v) is 16.8. The van der Waals surface area contributed by atoms with Crippen LogP contribution in [-0.2, 0) is 29.3 Å². The third kappa shape index (κ3) is 4.31. The number of hydrogen-bond donors (Lipinski definition) is 1. The molecule has 0 aliphatic carbocycles. The highest BCUT2D eigenvalue weighted by atomic mass is 32.2. The molecule has 2 aliphatic rings. The van der Waals surface area contributed by atoms with Crippen molar-refractivity contribution >= 4 is 42.4 Å². The topological polar surface area (TPSA) is 146 Å². The number of anilines is 2. The molecule has 12 nitrogen and oxygen atoms in total. The van der Waals surface area contributed by atoms with Gasteiger partial charge in [-0.15, -0.1) is 0 Å². The van der Waals surface area contributed by atoms with Crippen LogP contribution in [0.2, 0.25) is 0 Å². The lowest BCUT2D eigenvalue weighted by molar-refractivity contribution is 0.0482. The van der Waals surface area contributed by atoms with E-state index in [9.17, 15) is 16.8 Å². The van der Waals surface area contributed by atoms with Gasteiger partial charge in [0.25, 0.3) is 10.0 Å². The highest BCUT2D eigenvalue weighted by Crippen LogP contribution is 2.46. The summed E-state index contributed by atoms with van der Waals surface area (Å²) in [6, 6.07) is 9.59. The minimum absolute atomic E-state index is 0.0540. The molecule has 1 N–H and O–H groups in total. The number of ether oxygens (including phenoxy) is 2. The first-order chi connectivity index (χ1) is 19.9. The Bertz CT molecular complexity index is 1910. The van der Waals surface area contributed by atoms with Crippen LogP contribution in [0.1, 0.15) is 26.5 Å². The molecule has 222 valence electrons. The van der Waals surface area contributed by atoms with Gasteiger partial charge in [-0.1, -0.05) is 18.2 Å². The van der Waals surface area contributed by atoms with Crippen molar-refractivity contribution in [3.63, 3.8) is 0 Å². The minimum atomic E-state index is -3.96. The number of rotatable bonds is 6. The van der Waals surface area contributed by atoms with Crippen molar-refractivity contribution < 1.29 is 26.3 Å². The fourth-order valence-electron chi connectivity index (χ4n) is 5.42. The third-order valence-corrected chi connectivity index (χ3v) is 11.7. The van der Waals surface area contributed by atoms with Gasteiger partial charge in [-0.2, -0.15) is 0 Å². The van der Waals surface area contributed by atoms with Crippen molar-refractivity contribution in [3.8, 4) is 17.1 Å². The predicted octanol–water partition coefficient (Wildman–Crippen LogP) is 3.04. The molecule has 1 saturated heterocycles. The van der Waals surface area contributed by atoms with E-state index in [4.69, 9.17) is 19.4 Å². The standard InChI is InChI=1S/C28H32N6O6S2/c1-17-14-39-15-18-16-40-23-24(28(2,3)41(5,35)36)31-25(32-27(23)34(17)18)22-20-11-12-33(26(20)30-13-21(22)29-4)42(37,38)19-9-7-6-8-10-19/h6-13,17-18,29H,14-16H2,1-5H3/t17-,18?/m0/s1. The molecule has 1 aromatic carbocycles. The van der Waals surface area contributed by atoms with E-state index in [-0.39, 0.29) is 34.1 Å².